The van der Waals surface area contributed by atoms with Crippen LogP contribution in [0.3, 0.4) is 0 Å². The molecular formula is C30H34FN5O3. The van der Waals surface area contributed by atoms with Crippen LogP contribution in [0.5, 0.6) is 17.2 Å². The zero-order valence-electron chi connectivity index (χ0n) is 22.8. The van der Waals surface area contributed by atoms with Crippen molar-refractivity contribution in [3.63, 3.8) is 0 Å². The number of pyridine rings is 1. The van der Waals surface area contributed by atoms with Crippen LogP contribution in [0.2, 0.25) is 0 Å². The fourth-order valence-corrected chi connectivity index (χ4v) is 4.55. The molecular weight excluding hydrogens is 497 g/mol. The Morgan fingerprint density at radius 1 is 1.10 bits per heavy atom. The SMILES string of the molecule is CN1CCC(Oc2ccc3nccc(Oc4ccc(CC(=O)Nc5cnn(C(C)(C)C)c5)c(F)c4)c3c2)CC1. The Morgan fingerprint density at radius 2 is 1.87 bits per heavy atom. The highest BCUT2D eigenvalue weighted by atomic mass is 19.1. The molecule has 1 saturated heterocycles. The number of amides is 1. The number of benzene rings is 2. The number of piperidine rings is 1. The van der Waals surface area contributed by atoms with Gasteiger partial charge in [0.15, 0.2) is 0 Å². The number of hydrogen-bond donors (Lipinski definition) is 1. The average molecular weight is 532 g/mol. The van der Waals surface area contributed by atoms with Crippen molar-refractivity contribution in [2.75, 3.05) is 25.5 Å². The van der Waals surface area contributed by atoms with Gasteiger partial charge in [-0.25, -0.2) is 4.39 Å². The van der Waals surface area contributed by atoms with Crippen molar-refractivity contribution >= 4 is 22.5 Å². The highest BCUT2D eigenvalue weighted by Crippen LogP contribution is 2.33. The Labute approximate surface area is 227 Å². The molecule has 3 heterocycles. The zero-order chi connectivity index (χ0) is 27.6. The first-order valence-electron chi connectivity index (χ1n) is 13.2. The monoisotopic (exact) mass is 531 g/mol. The van der Waals surface area contributed by atoms with E-state index in [2.05, 4.69) is 27.3 Å². The highest BCUT2D eigenvalue weighted by Gasteiger charge is 2.19. The molecule has 0 bridgehead atoms. The standard InChI is InChI=1S/C30H34FN5O3/c1-30(2,3)36-19-21(18-33-36)34-29(37)15-20-5-6-24(17-26(20)31)39-28-9-12-32-27-8-7-23(16-25(27)28)38-22-10-13-35(4)14-11-22/h5-9,12,16-19,22H,10-11,13-15H2,1-4H3,(H,34,37). The number of aromatic nitrogens is 3. The van der Waals surface area contributed by atoms with Gasteiger partial charge in [0.25, 0.3) is 0 Å². The molecule has 0 unspecified atom stereocenters. The molecule has 1 fully saturated rings. The Bertz CT molecular complexity index is 1470. The van der Waals surface area contributed by atoms with Gasteiger partial charge in [-0.05, 0) is 76.6 Å². The minimum atomic E-state index is -0.516. The van der Waals surface area contributed by atoms with E-state index in [1.807, 2.05) is 39.0 Å². The predicted octanol–water partition coefficient (Wildman–Crippen LogP) is 5.77. The van der Waals surface area contributed by atoms with E-state index in [4.69, 9.17) is 9.47 Å². The van der Waals surface area contributed by atoms with Gasteiger partial charge in [-0.3, -0.25) is 14.5 Å². The van der Waals surface area contributed by atoms with Gasteiger partial charge in [0, 0.05) is 36.9 Å². The van der Waals surface area contributed by atoms with Crippen LogP contribution >= 0.6 is 0 Å². The van der Waals surface area contributed by atoms with Crippen LogP contribution in [0.25, 0.3) is 10.9 Å². The smallest absolute Gasteiger partial charge is 0.228 e. The summed E-state index contributed by atoms with van der Waals surface area (Å²) >= 11 is 0. The molecule has 39 heavy (non-hydrogen) atoms. The molecule has 2 aromatic heterocycles. The van der Waals surface area contributed by atoms with Crippen LogP contribution < -0.4 is 14.8 Å². The lowest BCUT2D eigenvalue weighted by Gasteiger charge is -2.29. The second-order valence-corrected chi connectivity index (χ2v) is 11.0. The second-order valence-electron chi connectivity index (χ2n) is 11.0. The maximum Gasteiger partial charge on any atom is 0.228 e. The Morgan fingerprint density at radius 3 is 2.59 bits per heavy atom. The highest BCUT2D eigenvalue weighted by molar-refractivity contribution is 5.92. The molecule has 204 valence electrons. The second kappa shape index (κ2) is 11.0. The third-order valence-electron chi connectivity index (χ3n) is 6.80. The van der Waals surface area contributed by atoms with Gasteiger partial charge in [-0.15, -0.1) is 0 Å². The zero-order valence-corrected chi connectivity index (χ0v) is 22.8. The van der Waals surface area contributed by atoms with Crippen LogP contribution in [-0.2, 0) is 16.8 Å². The lowest BCUT2D eigenvalue weighted by atomic mass is 10.1. The van der Waals surface area contributed by atoms with Crippen LogP contribution in [-0.4, -0.2) is 51.8 Å². The number of ether oxygens (including phenoxy) is 2. The lowest BCUT2D eigenvalue weighted by Crippen LogP contribution is -2.35. The minimum absolute atomic E-state index is 0.108. The summed E-state index contributed by atoms with van der Waals surface area (Å²) in [5.74, 6) is 0.799. The number of carbonyl (C=O) groups is 1. The number of halogens is 1. The quantitative estimate of drug-likeness (QED) is 0.326. The van der Waals surface area contributed by atoms with Gasteiger partial charge in [-0.2, -0.15) is 5.10 Å². The predicted molar refractivity (Wildman–Crippen MR) is 149 cm³/mol. The Balaban J connectivity index is 1.26. The third kappa shape index (κ3) is 6.54. The van der Waals surface area contributed by atoms with Crippen LogP contribution in [0.15, 0.2) is 61.1 Å². The molecule has 0 atom stereocenters. The van der Waals surface area contributed by atoms with E-state index in [-0.39, 0.29) is 29.5 Å². The largest absolute Gasteiger partial charge is 0.490 e. The van der Waals surface area contributed by atoms with Crippen molar-refractivity contribution in [2.45, 2.75) is 51.7 Å². The van der Waals surface area contributed by atoms with Crippen LogP contribution in [0, 0.1) is 5.82 Å². The first-order chi connectivity index (χ1) is 18.6. The fraction of sp³-hybridized carbons (Fsp3) is 0.367. The average Bonchev–Trinajstić information content (AvgIpc) is 3.36. The molecule has 0 saturated carbocycles. The molecule has 1 amide bonds. The van der Waals surface area contributed by atoms with E-state index in [1.165, 1.54) is 6.07 Å². The van der Waals surface area contributed by atoms with Crippen LogP contribution in [0.4, 0.5) is 10.1 Å². The van der Waals surface area contributed by atoms with Crippen LogP contribution in [0.1, 0.15) is 39.2 Å². The maximum absolute atomic E-state index is 15.0. The molecule has 9 heteroatoms. The molecule has 5 rings (SSSR count). The molecule has 2 aromatic carbocycles. The summed E-state index contributed by atoms with van der Waals surface area (Å²) in [5, 5.41) is 7.83. The topological polar surface area (TPSA) is 81.5 Å². The number of likely N-dealkylation sites (tertiary alicyclic amines) is 1. The molecule has 0 spiro atoms. The third-order valence-corrected chi connectivity index (χ3v) is 6.80. The number of hydrogen-bond acceptors (Lipinski definition) is 6. The molecule has 8 nitrogen and oxygen atoms in total. The normalized spacial score (nSPS) is 14.9. The summed E-state index contributed by atoms with van der Waals surface area (Å²) in [4.78, 5) is 19.3. The summed E-state index contributed by atoms with van der Waals surface area (Å²) in [6.07, 6.45) is 7.03. The fourth-order valence-electron chi connectivity index (χ4n) is 4.55. The van der Waals surface area contributed by atoms with Gasteiger partial charge in [0.1, 0.15) is 29.2 Å². The van der Waals surface area contributed by atoms with Crippen molar-refractivity contribution in [2.24, 2.45) is 0 Å². The van der Waals surface area contributed by atoms with E-state index in [9.17, 15) is 9.18 Å². The summed E-state index contributed by atoms with van der Waals surface area (Å²) in [6.45, 7) is 8.08. The van der Waals surface area contributed by atoms with Crippen molar-refractivity contribution in [1.82, 2.24) is 19.7 Å². The van der Waals surface area contributed by atoms with Crippen molar-refractivity contribution in [3.05, 3.63) is 72.4 Å². The van der Waals surface area contributed by atoms with E-state index >= 15 is 0 Å². The first kappa shape index (κ1) is 26.6. The molecule has 0 aliphatic carbocycles. The van der Waals surface area contributed by atoms with E-state index in [0.29, 0.717) is 17.2 Å². The summed E-state index contributed by atoms with van der Waals surface area (Å²) in [6, 6.07) is 12.0. The number of nitrogens with one attached hydrogen (secondary N) is 1. The lowest BCUT2D eigenvalue weighted by molar-refractivity contribution is -0.115. The molecule has 4 aromatic rings. The number of anilines is 1. The summed E-state index contributed by atoms with van der Waals surface area (Å²) in [5.41, 5.74) is 1.40. The van der Waals surface area contributed by atoms with E-state index < -0.39 is 5.82 Å². The Kier molecular flexibility index (Phi) is 7.52. The van der Waals surface area contributed by atoms with E-state index in [0.717, 1.165) is 42.6 Å². The van der Waals surface area contributed by atoms with E-state index in [1.54, 1.807) is 41.5 Å². The van der Waals surface area contributed by atoms with Crippen molar-refractivity contribution in [1.29, 1.82) is 0 Å². The molecule has 0 radical (unpaired) electrons. The molecule has 1 N–H and O–H groups in total. The number of rotatable bonds is 7. The minimum Gasteiger partial charge on any atom is -0.490 e. The first-order valence-corrected chi connectivity index (χ1v) is 13.2. The summed E-state index contributed by atoms with van der Waals surface area (Å²) < 4.78 is 29.0. The number of nitrogens with zero attached hydrogens (tertiary/aromatic N) is 4. The van der Waals surface area contributed by atoms with Crippen molar-refractivity contribution < 1.29 is 18.7 Å². The number of carbonyl (C=O) groups excluding carboxylic acids is 1. The Hall–Kier alpha value is -3.98. The van der Waals surface area contributed by atoms with Gasteiger partial charge in [0.2, 0.25) is 5.91 Å². The van der Waals surface area contributed by atoms with Crippen molar-refractivity contribution in [3.8, 4) is 17.2 Å². The van der Waals surface area contributed by atoms with Gasteiger partial charge < -0.3 is 19.7 Å². The van der Waals surface area contributed by atoms with Gasteiger partial charge in [0.05, 0.1) is 29.4 Å². The molecule has 1 aliphatic rings. The molecule has 1 aliphatic heterocycles. The van der Waals surface area contributed by atoms with Gasteiger partial charge in [-0.1, -0.05) is 6.07 Å². The maximum atomic E-state index is 15.0. The summed E-state index contributed by atoms with van der Waals surface area (Å²) in [7, 11) is 2.12. The van der Waals surface area contributed by atoms with Gasteiger partial charge >= 0.3 is 0 Å². The number of fused-ring (bicyclic) bond motifs is 1.